The predicted molar refractivity (Wildman–Crippen MR) is 111 cm³/mol. The molecule has 0 saturated heterocycles. The second kappa shape index (κ2) is 9.37. The fourth-order valence-corrected chi connectivity index (χ4v) is 2.75. The average molecular weight is 381 g/mol. The third-order valence-corrected chi connectivity index (χ3v) is 4.66. The monoisotopic (exact) mass is 381 g/mol. The smallest absolute Gasteiger partial charge is 0.189 e. The van der Waals surface area contributed by atoms with Crippen LogP contribution < -0.4 is 4.74 Å². The van der Waals surface area contributed by atoms with Gasteiger partial charge in [-0.25, -0.2) is 4.99 Å². The lowest BCUT2D eigenvalue weighted by Gasteiger charge is -2.17. The molecule has 0 unspecified atom stereocenters. The highest BCUT2D eigenvalue weighted by molar-refractivity contribution is 5.83. The summed E-state index contributed by atoms with van der Waals surface area (Å²) in [6.45, 7) is 8.38. The molecule has 0 N–H and O–H groups in total. The van der Waals surface area contributed by atoms with Crippen LogP contribution in [0.15, 0.2) is 40.5 Å². The molecule has 0 bridgehead atoms. The van der Waals surface area contributed by atoms with E-state index in [0.717, 1.165) is 45.8 Å². The van der Waals surface area contributed by atoms with Gasteiger partial charge < -0.3 is 19.2 Å². The number of rotatable bonds is 7. The maximum Gasteiger partial charge on any atom is 0.189 e. The average Bonchev–Trinajstić information content (AvgIpc) is 2.71. The van der Waals surface area contributed by atoms with E-state index in [1.165, 1.54) is 0 Å². The first-order chi connectivity index (χ1) is 13.6. The summed E-state index contributed by atoms with van der Waals surface area (Å²) in [7, 11) is 2.01. The molecular formula is C22H27N3O3. The summed E-state index contributed by atoms with van der Waals surface area (Å²) in [5, 5.41) is 4.13. The summed E-state index contributed by atoms with van der Waals surface area (Å²) in [5.74, 6) is 0.854. The van der Waals surface area contributed by atoms with E-state index in [2.05, 4.69) is 29.2 Å². The fourth-order valence-electron chi connectivity index (χ4n) is 2.75. The Hall–Kier alpha value is -2.86. The lowest BCUT2D eigenvalue weighted by molar-refractivity contribution is -0.0165. The summed E-state index contributed by atoms with van der Waals surface area (Å²) < 4.78 is 10.7. The first kappa shape index (κ1) is 19.9. The highest BCUT2D eigenvalue weighted by Gasteiger charge is 2.10. The van der Waals surface area contributed by atoms with E-state index in [1.807, 2.05) is 50.3 Å². The molecule has 0 spiro atoms. The van der Waals surface area contributed by atoms with Crippen LogP contribution >= 0.6 is 0 Å². The minimum Gasteiger partial charge on any atom is -0.467 e. The minimum atomic E-state index is 0.295. The van der Waals surface area contributed by atoms with E-state index >= 15 is 0 Å². The van der Waals surface area contributed by atoms with Gasteiger partial charge in [0.2, 0.25) is 0 Å². The number of oxime groups is 1. The third-order valence-electron chi connectivity index (χ3n) is 4.66. The van der Waals surface area contributed by atoms with Gasteiger partial charge in [-0.05, 0) is 61.2 Å². The lowest BCUT2D eigenvalue weighted by atomic mass is 10.0. The van der Waals surface area contributed by atoms with Crippen LogP contribution in [0.1, 0.15) is 34.7 Å². The molecule has 0 radical (unpaired) electrons. The van der Waals surface area contributed by atoms with Gasteiger partial charge in [-0.2, -0.15) is 0 Å². The molecule has 0 atom stereocenters. The number of aliphatic imine (C=N–C) groups is 1. The van der Waals surface area contributed by atoms with Crippen molar-refractivity contribution in [1.29, 1.82) is 0 Å². The fraction of sp³-hybridized carbons (Fsp3) is 0.364. The van der Waals surface area contributed by atoms with Gasteiger partial charge in [0.15, 0.2) is 6.79 Å². The largest absolute Gasteiger partial charge is 0.467 e. The molecule has 0 aromatic heterocycles. The van der Waals surface area contributed by atoms with Gasteiger partial charge in [-0.15, -0.1) is 0 Å². The molecule has 0 aliphatic carbocycles. The van der Waals surface area contributed by atoms with Crippen LogP contribution in [0.3, 0.4) is 0 Å². The SMILES string of the molecule is CCN(C)C=Nc1cc(C)c(C=NOCc2ccc3c(c2)OCOC3)cc1C. The van der Waals surface area contributed by atoms with Gasteiger partial charge in [-0.1, -0.05) is 17.3 Å². The molecule has 1 aliphatic heterocycles. The zero-order valence-electron chi connectivity index (χ0n) is 16.9. The van der Waals surface area contributed by atoms with E-state index < -0.39 is 0 Å². The molecule has 0 saturated carbocycles. The number of hydrogen-bond acceptors (Lipinski definition) is 5. The Bertz CT molecular complexity index is 878. The molecule has 1 aliphatic rings. The molecule has 28 heavy (non-hydrogen) atoms. The van der Waals surface area contributed by atoms with Crippen molar-refractivity contribution in [3.63, 3.8) is 0 Å². The molecule has 2 aromatic carbocycles. The lowest BCUT2D eigenvalue weighted by Crippen LogP contribution is -2.14. The molecule has 148 valence electrons. The van der Waals surface area contributed by atoms with Gasteiger partial charge in [0.05, 0.1) is 24.8 Å². The summed E-state index contributed by atoms with van der Waals surface area (Å²) in [6.07, 6.45) is 3.60. The first-order valence-electron chi connectivity index (χ1n) is 9.40. The first-order valence-corrected chi connectivity index (χ1v) is 9.40. The van der Waals surface area contributed by atoms with E-state index in [9.17, 15) is 0 Å². The Morgan fingerprint density at radius 2 is 2.04 bits per heavy atom. The summed E-state index contributed by atoms with van der Waals surface area (Å²) in [6, 6.07) is 10.1. The standard InChI is InChI=1S/C22H27N3O3/c1-5-25(4)14-23-21-9-16(2)20(8-17(21)3)11-24-28-12-18-6-7-19-13-26-15-27-22(19)10-18/h6-11,14H,5,12-13,15H2,1-4H3. The number of aryl methyl sites for hydroxylation is 2. The topological polar surface area (TPSA) is 55.7 Å². The second-order valence-corrected chi connectivity index (χ2v) is 6.87. The Labute approximate surface area is 166 Å². The minimum absolute atomic E-state index is 0.295. The van der Waals surface area contributed by atoms with Crippen LogP contribution in [-0.2, 0) is 22.8 Å². The molecule has 0 fully saturated rings. The van der Waals surface area contributed by atoms with E-state index in [4.69, 9.17) is 14.3 Å². The van der Waals surface area contributed by atoms with E-state index in [0.29, 0.717) is 20.0 Å². The van der Waals surface area contributed by atoms with Crippen molar-refractivity contribution in [3.8, 4) is 5.75 Å². The van der Waals surface area contributed by atoms with Crippen molar-refractivity contribution < 1.29 is 14.3 Å². The Morgan fingerprint density at radius 1 is 1.18 bits per heavy atom. The Kier molecular flexibility index (Phi) is 6.66. The molecule has 0 amide bonds. The molecule has 6 heteroatoms. The number of fused-ring (bicyclic) bond motifs is 1. The van der Waals surface area contributed by atoms with Gasteiger partial charge in [0.25, 0.3) is 0 Å². The highest BCUT2D eigenvalue weighted by atomic mass is 16.7. The maximum absolute atomic E-state index is 5.49. The quantitative estimate of drug-likeness (QED) is 0.407. The predicted octanol–water partition coefficient (Wildman–Crippen LogP) is 4.33. The zero-order valence-corrected chi connectivity index (χ0v) is 16.9. The van der Waals surface area contributed by atoms with Crippen molar-refractivity contribution in [2.75, 3.05) is 20.4 Å². The third kappa shape index (κ3) is 5.10. The summed E-state index contributed by atoms with van der Waals surface area (Å²) in [4.78, 5) is 12.1. The Balaban J connectivity index is 1.61. The van der Waals surface area contributed by atoms with Gasteiger partial charge in [0.1, 0.15) is 12.4 Å². The molecule has 6 nitrogen and oxygen atoms in total. The van der Waals surface area contributed by atoms with Crippen LogP contribution in [0.5, 0.6) is 5.75 Å². The Morgan fingerprint density at radius 3 is 2.86 bits per heavy atom. The normalized spacial score (nSPS) is 13.6. The van der Waals surface area contributed by atoms with Gasteiger partial charge in [-0.3, -0.25) is 0 Å². The van der Waals surface area contributed by atoms with Crippen LogP contribution in [-0.4, -0.2) is 37.8 Å². The van der Waals surface area contributed by atoms with E-state index in [-0.39, 0.29) is 0 Å². The number of nitrogens with zero attached hydrogens (tertiary/aromatic N) is 3. The van der Waals surface area contributed by atoms with Crippen LogP contribution in [0.4, 0.5) is 5.69 Å². The maximum atomic E-state index is 5.49. The van der Waals surface area contributed by atoms with Crippen molar-refractivity contribution in [3.05, 3.63) is 58.1 Å². The molecular weight excluding hydrogens is 354 g/mol. The molecule has 1 heterocycles. The van der Waals surface area contributed by atoms with Crippen LogP contribution in [0.25, 0.3) is 0 Å². The number of ether oxygens (including phenoxy) is 2. The van der Waals surface area contributed by atoms with Crippen LogP contribution in [0, 0.1) is 13.8 Å². The van der Waals surface area contributed by atoms with Crippen molar-refractivity contribution in [1.82, 2.24) is 4.90 Å². The number of benzene rings is 2. The van der Waals surface area contributed by atoms with Crippen molar-refractivity contribution in [2.24, 2.45) is 10.1 Å². The van der Waals surface area contributed by atoms with Gasteiger partial charge in [0, 0.05) is 19.2 Å². The number of hydrogen-bond donors (Lipinski definition) is 0. The highest BCUT2D eigenvalue weighted by Crippen LogP contribution is 2.25. The van der Waals surface area contributed by atoms with Crippen molar-refractivity contribution >= 4 is 18.2 Å². The van der Waals surface area contributed by atoms with Gasteiger partial charge >= 0.3 is 0 Å². The van der Waals surface area contributed by atoms with Crippen LogP contribution in [0.2, 0.25) is 0 Å². The van der Waals surface area contributed by atoms with Crippen molar-refractivity contribution in [2.45, 2.75) is 34.0 Å². The summed E-state index contributed by atoms with van der Waals surface area (Å²) >= 11 is 0. The summed E-state index contributed by atoms with van der Waals surface area (Å²) in [5.41, 5.74) is 6.25. The molecule has 2 aromatic rings. The molecule has 3 rings (SSSR count). The van der Waals surface area contributed by atoms with E-state index in [1.54, 1.807) is 6.21 Å². The zero-order chi connectivity index (χ0) is 19.9. The second-order valence-electron chi connectivity index (χ2n) is 6.87.